The van der Waals surface area contributed by atoms with E-state index in [1.54, 1.807) is 0 Å². The van der Waals surface area contributed by atoms with Crippen LogP contribution in [0.1, 0.15) is 18.4 Å². The summed E-state index contributed by atoms with van der Waals surface area (Å²) in [5, 5.41) is 11.4. The first-order chi connectivity index (χ1) is 10.3. The van der Waals surface area contributed by atoms with Crippen LogP contribution in [0.2, 0.25) is 0 Å². The second-order valence-electron chi connectivity index (χ2n) is 4.73. The molecule has 2 N–H and O–H groups in total. The molecule has 0 saturated carbocycles. The molecule has 1 heterocycles. The molecule has 0 bridgehead atoms. The van der Waals surface area contributed by atoms with Crippen molar-refractivity contribution in [3.8, 4) is 11.5 Å². The second-order valence-corrected chi connectivity index (χ2v) is 4.73. The Labute approximate surface area is 124 Å². The number of hydrogen-bond donors (Lipinski definition) is 2. The fraction of sp³-hybridized carbons (Fsp3) is 0.533. The molecule has 0 aliphatic carbocycles. The van der Waals surface area contributed by atoms with Crippen LogP contribution in [0, 0.1) is 0 Å². The molecule has 0 aromatic heterocycles. The Morgan fingerprint density at radius 2 is 2.14 bits per heavy atom. The first kappa shape index (κ1) is 15.6. The summed E-state index contributed by atoms with van der Waals surface area (Å²) in [5.74, 6) is 1.52. The third-order valence-electron chi connectivity index (χ3n) is 3.10. The van der Waals surface area contributed by atoms with E-state index < -0.39 is 0 Å². The maximum atomic E-state index is 11.7. The van der Waals surface area contributed by atoms with Crippen molar-refractivity contribution in [2.24, 2.45) is 0 Å². The zero-order valence-corrected chi connectivity index (χ0v) is 12.0. The van der Waals surface area contributed by atoms with Crippen LogP contribution in [-0.4, -0.2) is 44.2 Å². The number of ether oxygens (including phenoxy) is 3. The number of aryl methyl sites for hydroxylation is 1. The monoisotopic (exact) mass is 295 g/mol. The Balaban J connectivity index is 1.60. The highest BCUT2D eigenvalue weighted by molar-refractivity contribution is 5.76. The summed E-state index contributed by atoms with van der Waals surface area (Å²) in [4.78, 5) is 11.7. The molecule has 0 fully saturated rings. The van der Waals surface area contributed by atoms with Crippen molar-refractivity contribution in [1.29, 1.82) is 0 Å². The van der Waals surface area contributed by atoms with Gasteiger partial charge in [-0.2, -0.15) is 0 Å². The van der Waals surface area contributed by atoms with Crippen LogP contribution in [-0.2, 0) is 16.0 Å². The van der Waals surface area contributed by atoms with Crippen LogP contribution >= 0.6 is 0 Å². The smallest absolute Gasteiger partial charge is 0.231 e. The van der Waals surface area contributed by atoms with Gasteiger partial charge in [0.2, 0.25) is 12.7 Å². The van der Waals surface area contributed by atoms with Gasteiger partial charge in [-0.15, -0.1) is 0 Å². The van der Waals surface area contributed by atoms with E-state index in [0.717, 1.165) is 23.5 Å². The number of carbonyl (C=O) groups excluding carboxylic acids is 1. The first-order valence-corrected chi connectivity index (χ1v) is 7.13. The van der Waals surface area contributed by atoms with Crippen LogP contribution < -0.4 is 14.8 Å². The van der Waals surface area contributed by atoms with Gasteiger partial charge in [0.1, 0.15) is 0 Å². The number of fused-ring (bicyclic) bond motifs is 1. The Hall–Kier alpha value is -1.79. The van der Waals surface area contributed by atoms with Gasteiger partial charge in [0.25, 0.3) is 0 Å². The lowest BCUT2D eigenvalue weighted by atomic mass is 10.1. The van der Waals surface area contributed by atoms with Gasteiger partial charge >= 0.3 is 0 Å². The highest BCUT2D eigenvalue weighted by Crippen LogP contribution is 2.32. The van der Waals surface area contributed by atoms with E-state index in [1.807, 2.05) is 18.2 Å². The molecular weight excluding hydrogens is 274 g/mol. The van der Waals surface area contributed by atoms with Gasteiger partial charge < -0.3 is 24.6 Å². The molecule has 6 heteroatoms. The normalized spacial score (nSPS) is 12.4. The standard InChI is InChI=1S/C15H21NO5/c17-7-9-19-8-1-6-16-15(18)5-3-12-2-4-13-14(10-12)21-11-20-13/h2,4,10,17H,1,3,5-9,11H2,(H,16,18). The van der Waals surface area contributed by atoms with E-state index in [9.17, 15) is 4.79 Å². The minimum Gasteiger partial charge on any atom is -0.454 e. The van der Waals surface area contributed by atoms with Gasteiger partial charge in [-0.1, -0.05) is 6.07 Å². The lowest BCUT2D eigenvalue weighted by Crippen LogP contribution is -2.25. The minimum atomic E-state index is 0.0230. The summed E-state index contributed by atoms with van der Waals surface area (Å²) >= 11 is 0. The number of aliphatic hydroxyl groups is 1. The molecule has 1 aromatic rings. The second kappa shape index (κ2) is 8.49. The molecule has 0 radical (unpaired) electrons. The number of benzene rings is 1. The van der Waals surface area contributed by atoms with E-state index in [4.69, 9.17) is 19.3 Å². The van der Waals surface area contributed by atoms with Crippen molar-refractivity contribution >= 4 is 5.91 Å². The van der Waals surface area contributed by atoms with E-state index >= 15 is 0 Å². The maximum absolute atomic E-state index is 11.7. The zero-order valence-electron chi connectivity index (χ0n) is 12.0. The Kier molecular flexibility index (Phi) is 6.30. The lowest BCUT2D eigenvalue weighted by Gasteiger charge is -2.06. The molecule has 0 saturated heterocycles. The van der Waals surface area contributed by atoms with Gasteiger partial charge in [-0.25, -0.2) is 0 Å². The highest BCUT2D eigenvalue weighted by atomic mass is 16.7. The predicted molar refractivity (Wildman–Crippen MR) is 76.4 cm³/mol. The van der Waals surface area contributed by atoms with Gasteiger partial charge in [0.05, 0.1) is 13.2 Å². The van der Waals surface area contributed by atoms with Gasteiger partial charge in [-0.3, -0.25) is 4.79 Å². The van der Waals surface area contributed by atoms with Crippen LogP contribution in [0.3, 0.4) is 0 Å². The highest BCUT2D eigenvalue weighted by Gasteiger charge is 2.13. The van der Waals surface area contributed by atoms with Crippen molar-refractivity contribution in [3.05, 3.63) is 23.8 Å². The molecule has 21 heavy (non-hydrogen) atoms. The molecule has 6 nitrogen and oxygen atoms in total. The fourth-order valence-electron chi connectivity index (χ4n) is 2.01. The van der Waals surface area contributed by atoms with Crippen LogP contribution in [0.5, 0.6) is 11.5 Å². The van der Waals surface area contributed by atoms with Gasteiger partial charge in [0.15, 0.2) is 11.5 Å². The molecule has 116 valence electrons. The Morgan fingerprint density at radius 3 is 3.00 bits per heavy atom. The minimum absolute atomic E-state index is 0.0230. The molecule has 1 aliphatic rings. The zero-order chi connectivity index (χ0) is 14.9. The lowest BCUT2D eigenvalue weighted by molar-refractivity contribution is -0.121. The van der Waals surface area contributed by atoms with Crippen molar-refractivity contribution in [2.75, 3.05) is 33.2 Å². The molecular formula is C15H21NO5. The molecule has 0 unspecified atom stereocenters. The number of amides is 1. The van der Waals surface area contributed by atoms with E-state index in [1.165, 1.54) is 0 Å². The van der Waals surface area contributed by atoms with E-state index in [2.05, 4.69) is 5.32 Å². The number of hydrogen-bond acceptors (Lipinski definition) is 5. The third kappa shape index (κ3) is 5.24. The van der Waals surface area contributed by atoms with Crippen LogP contribution in [0.4, 0.5) is 0 Å². The fourth-order valence-corrected chi connectivity index (χ4v) is 2.01. The van der Waals surface area contributed by atoms with Crippen molar-refractivity contribution in [1.82, 2.24) is 5.32 Å². The number of aliphatic hydroxyl groups excluding tert-OH is 1. The summed E-state index contributed by atoms with van der Waals surface area (Å²) < 4.78 is 15.7. The number of nitrogens with one attached hydrogen (secondary N) is 1. The number of rotatable bonds is 9. The quantitative estimate of drug-likeness (QED) is 0.661. The SMILES string of the molecule is O=C(CCc1ccc2c(c1)OCO2)NCCCOCCO. The molecule has 1 amide bonds. The average Bonchev–Trinajstić information content (AvgIpc) is 2.96. The third-order valence-corrected chi connectivity index (χ3v) is 3.10. The maximum Gasteiger partial charge on any atom is 0.231 e. The van der Waals surface area contributed by atoms with E-state index in [-0.39, 0.29) is 19.3 Å². The summed E-state index contributed by atoms with van der Waals surface area (Å²) in [6.07, 6.45) is 1.86. The van der Waals surface area contributed by atoms with Crippen molar-refractivity contribution in [2.45, 2.75) is 19.3 Å². The van der Waals surface area contributed by atoms with E-state index in [0.29, 0.717) is 32.6 Å². The Morgan fingerprint density at radius 1 is 1.29 bits per heavy atom. The molecule has 0 spiro atoms. The van der Waals surface area contributed by atoms with Gasteiger partial charge in [-0.05, 0) is 30.5 Å². The molecule has 1 aromatic carbocycles. The van der Waals surface area contributed by atoms with Crippen LogP contribution in [0.15, 0.2) is 18.2 Å². The molecule has 0 atom stereocenters. The number of carbonyl (C=O) groups is 1. The summed E-state index contributed by atoms with van der Waals surface area (Å²) in [7, 11) is 0. The molecule has 1 aliphatic heterocycles. The van der Waals surface area contributed by atoms with Crippen molar-refractivity contribution < 1.29 is 24.1 Å². The first-order valence-electron chi connectivity index (χ1n) is 7.13. The van der Waals surface area contributed by atoms with Gasteiger partial charge in [0, 0.05) is 19.6 Å². The van der Waals surface area contributed by atoms with Crippen molar-refractivity contribution in [3.63, 3.8) is 0 Å². The topological polar surface area (TPSA) is 77.0 Å². The summed E-state index contributed by atoms with van der Waals surface area (Å²) in [6.45, 7) is 1.77. The molecule has 2 rings (SSSR count). The largest absolute Gasteiger partial charge is 0.454 e. The summed E-state index contributed by atoms with van der Waals surface area (Å²) in [5.41, 5.74) is 1.06. The Bertz CT molecular complexity index is 463. The predicted octanol–water partition coefficient (Wildman–Crippen LogP) is 0.863. The summed E-state index contributed by atoms with van der Waals surface area (Å²) in [6, 6.07) is 5.73. The average molecular weight is 295 g/mol. The van der Waals surface area contributed by atoms with Crippen LogP contribution in [0.25, 0.3) is 0 Å².